The highest BCUT2D eigenvalue weighted by atomic mass is 19.1. The van der Waals surface area contributed by atoms with E-state index in [9.17, 15) is 18.0 Å². The molecule has 5 rings (SSSR count). The van der Waals surface area contributed by atoms with E-state index >= 15 is 0 Å². The van der Waals surface area contributed by atoms with Crippen LogP contribution in [0, 0.1) is 30.4 Å². The van der Waals surface area contributed by atoms with Crippen LogP contribution in [-0.2, 0) is 0 Å². The Kier molecular flexibility index (Phi) is 7.94. The number of nitrogens with zero attached hydrogens (tertiary/aromatic N) is 3. The van der Waals surface area contributed by atoms with E-state index in [-0.39, 0.29) is 54.1 Å². The highest BCUT2D eigenvalue weighted by Gasteiger charge is 2.33. The summed E-state index contributed by atoms with van der Waals surface area (Å²) in [5, 5.41) is 2.63. The number of carbonyl (C=O) groups excluding carboxylic acids is 1. The second-order valence-corrected chi connectivity index (χ2v) is 10.2. The molecule has 3 aromatic rings. The minimum atomic E-state index is -0.998. The molecule has 2 aliphatic rings. The molecular weight excluding hydrogens is 519 g/mol. The molecular formula is C30H30F3N5O2. The Morgan fingerprint density at radius 2 is 2.02 bits per heavy atom. The number of halogens is 3. The van der Waals surface area contributed by atoms with Crippen molar-refractivity contribution >= 4 is 17.4 Å². The first-order chi connectivity index (χ1) is 19.2. The minimum absolute atomic E-state index is 0.0340. The van der Waals surface area contributed by atoms with Gasteiger partial charge >= 0.3 is 0 Å². The molecule has 0 unspecified atom stereocenters. The Morgan fingerprint density at radius 3 is 2.75 bits per heavy atom. The van der Waals surface area contributed by atoms with Gasteiger partial charge in [0, 0.05) is 23.8 Å². The number of rotatable bonds is 8. The Bertz CT molecular complexity index is 1500. The number of hydrogen-bond donors (Lipinski definition) is 2. The summed E-state index contributed by atoms with van der Waals surface area (Å²) in [6.45, 7) is 4.17. The van der Waals surface area contributed by atoms with Gasteiger partial charge in [-0.25, -0.2) is 23.1 Å². The van der Waals surface area contributed by atoms with Crippen molar-refractivity contribution in [2.24, 2.45) is 0 Å². The summed E-state index contributed by atoms with van der Waals surface area (Å²) in [6.07, 6.45) is 2.54. The first kappa shape index (κ1) is 27.5. The SMILES string of the molecule is CC#CCN1C[C@H](F)C[C@H]1COc1c(N)ncnc1-c1cc(F)cc(NC(=O)c2ccc(C3CC3)cc2F)c1C. The number of nitrogen functional groups attached to an aromatic ring is 1. The fraction of sp³-hybridized carbons (Fsp3) is 0.367. The van der Waals surface area contributed by atoms with Gasteiger partial charge in [-0.15, -0.1) is 5.92 Å². The van der Waals surface area contributed by atoms with Gasteiger partial charge in [-0.3, -0.25) is 9.69 Å². The van der Waals surface area contributed by atoms with E-state index in [0.717, 1.165) is 24.5 Å². The number of nitrogens with two attached hydrogens (primary N) is 1. The molecule has 2 fully saturated rings. The molecule has 1 aromatic heterocycles. The van der Waals surface area contributed by atoms with Crippen molar-refractivity contribution in [2.45, 2.75) is 51.2 Å². The average molecular weight is 550 g/mol. The number of ether oxygens (including phenoxy) is 1. The van der Waals surface area contributed by atoms with Gasteiger partial charge in [0.1, 0.15) is 36.4 Å². The second kappa shape index (κ2) is 11.6. The fourth-order valence-corrected chi connectivity index (χ4v) is 5.00. The Labute approximate surface area is 231 Å². The van der Waals surface area contributed by atoms with Crippen molar-refractivity contribution in [3.8, 4) is 28.8 Å². The van der Waals surface area contributed by atoms with Crippen LogP contribution in [0.2, 0.25) is 0 Å². The maximum Gasteiger partial charge on any atom is 0.258 e. The highest BCUT2D eigenvalue weighted by molar-refractivity contribution is 6.05. The van der Waals surface area contributed by atoms with E-state index < -0.39 is 23.7 Å². The van der Waals surface area contributed by atoms with E-state index in [1.54, 1.807) is 19.9 Å². The van der Waals surface area contributed by atoms with Crippen LogP contribution in [0.5, 0.6) is 5.75 Å². The average Bonchev–Trinajstić information content (AvgIpc) is 3.71. The van der Waals surface area contributed by atoms with Gasteiger partial charge in [-0.2, -0.15) is 0 Å². The normalized spacial score (nSPS) is 18.7. The van der Waals surface area contributed by atoms with Crippen molar-refractivity contribution in [3.63, 3.8) is 0 Å². The van der Waals surface area contributed by atoms with Crippen molar-refractivity contribution in [2.75, 3.05) is 30.7 Å². The van der Waals surface area contributed by atoms with E-state index in [0.29, 0.717) is 23.6 Å². The van der Waals surface area contributed by atoms with Crippen LogP contribution >= 0.6 is 0 Å². The van der Waals surface area contributed by atoms with Crippen LogP contribution in [0.25, 0.3) is 11.3 Å². The lowest BCUT2D eigenvalue weighted by molar-refractivity contribution is 0.102. The van der Waals surface area contributed by atoms with Crippen LogP contribution < -0.4 is 15.8 Å². The van der Waals surface area contributed by atoms with Crippen molar-refractivity contribution in [1.29, 1.82) is 0 Å². The van der Waals surface area contributed by atoms with E-state index in [2.05, 4.69) is 27.1 Å². The summed E-state index contributed by atoms with van der Waals surface area (Å²) in [4.78, 5) is 23.2. The largest absolute Gasteiger partial charge is 0.486 e. The van der Waals surface area contributed by atoms with Crippen LogP contribution in [0.15, 0.2) is 36.7 Å². The zero-order valence-corrected chi connectivity index (χ0v) is 22.3. The summed E-state index contributed by atoms with van der Waals surface area (Å²) in [7, 11) is 0. The molecule has 208 valence electrons. The molecule has 7 nitrogen and oxygen atoms in total. The molecule has 2 aromatic carbocycles. The number of carbonyl (C=O) groups is 1. The van der Waals surface area contributed by atoms with Crippen LogP contribution in [0.4, 0.5) is 24.7 Å². The van der Waals surface area contributed by atoms with E-state index in [1.807, 2.05) is 4.90 Å². The molecule has 10 heteroatoms. The van der Waals surface area contributed by atoms with Gasteiger partial charge in [0.15, 0.2) is 11.6 Å². The number of anilines is 2. The van der Waals surface area contributed by atoms with Crippen molar-refractivity contribution < 1.29 is 22.7 Å². The third-order valence-corrected chi connectivity index (χ3v) is 7.35. The second-order valence-electron chi connectivity index (χ2n) is 10.2. The maximum absolute atomic E-state index is 14.8. The lowest BCUT2D eigenvalue weighted by Gasteiger charge is -2.23. The van der Waals surface area contributed by atoms with Crippen LogP contribution in [0.3, 0.4) is 0 Å². The van der Waals surface area contributed by atoms with Crippen LogP contribution in [0.1, 0.15) is 53.6 Å². The number of alkyl halides is 1. The number of nitrogens with one attached hydrogen (secondary N) is 1. The lowest BCUT2D eigenvalue weighted by Crippen LogP contribution is -2.34. The molecule has 2 atom stereocenters. The topological polar surface area (TPSA) is 93.4 Å². The van der Waals surface area contributed by atoms with Gasteiger partial charge in [-0.1, -0.05) is 12.0 Å². The molecule has 3 N–H and O–H groups in total. The standard InChI is InChI=1S/C30H30F3N5O2/c1-3-4-9-38-14-21(32)11-22(38)15-40-28-27(35-16-36-29(28)34)24-12-20(31)13-26(17(24)2)37-30(39)23-8-7-19(10-25(23)33)18-5-6-18/h7-8,10,12-13,16,18,21-22H,5-6,9,11,14-15H2,1-2H3,(H,37,39)(H2,34,35,36)/t21-,22+/m1/s1. The number of aromatic nitrogens is 2. The van der Waals surface area contributed by atoms with Crippen molar-refractivity contribution in [3.05, 3.63) is 65.0 Å². The Hall–Kier alpha value is -4.10. The van der Waals surface area contributed by atoms with Crippen LogP contribution in [-0.4, -0.2) is 52.7 Å². The molecule has 1 amide bonds. The van der Waals surface area contributed by atoms with E-state index in [1.165, 1.54) is 24.5 Å². The number of likely N-dealkylation sites (tertiary alicyclic amines) is 1. The van der Waals surface area contributed by atoms with Gasteiger partial charge in [-0.05, 0) is 74.4 Å². The summed E-state index contributed by atoms with van der Waals surface area (Å²) < 4.78 is 49.8. The third-order valence-electron chi connectivity index (χ3n) is 7.35. The first-order valence-corrected chi connectivity index (χ1v) is 13.2. The Balaban J connectivity index is 1.40. The summed E-state index contributed by atoms with van der Waals surface area (Å²) in [6, 6.07) is 6.75. The zero-order chi connectivity index (χ0) is 28.4. The zero-order valence-electron chi connectivity index (χ0n) is 22.3. The van der Waals surface area contributed by atoms with E-state index in [4.69, 9.17) is 10.5 Å². The predicted molar refractivity (Wildman–Crippen MR) is 147 cm³/mol. The summed E-state index contributed by atoms with van der Waals surface area (Å²) in [5.74, 6) is 4.29. The molecule has 1 aliphatic carbocycles. The smallest absolute Gasteiger partial charge is 0.258 e. The molecule has 40 heavy (non-hydrogen) atoms. The molecule has 0 spiro atoms. The first-order valence-electron chi connectivity index (χ1n) is 13.2. The predicted octanol–water partition coefficient (Wildman–Crippen LogP) is 5.26. The van der Waals surface area contributed by atoms with Gasteiger partial charge < -0.3 is 15.8 Å². The molecule has 1 aliphatic heterocycles. The molecule has 1 saturated carbocycles. The van der Waals surface area contributed by atoms with Gasteiger partial charge in [0.05, 0.1) is 12.1 Å². The van der Waals surface area contributed by atoms with Gasteiger partial charge in [0.2, 0.25) is 0 Å². The number of benzene rings is 2. The minimum Gasteiger partial charge on any atom is -0.486 e. The summed E-state index contributed by atoms with van der Waals surface area (Å²) in [5.41, 5.74) is 8.01. The molecule has 0 radical (unpaired) electrons. The molecule has 2 heterocycles. The lowest BCUT2D eigenvalue weighted by atomic mass is 10.0. The third kappa shape index (κ3) is 5.89. The van der Waals surface area contributed by atoms with Crippen molar-refractivity contribution in [1.82, 2.24) is 14.9 Å². The highest BCUT2D eigenvalue weighted by Crippen LogP contribution is 2.41. The fourth-order valence-electron chi connectivity index (χ4n) is 5.00. The molecule has 0 bridgehead atoms. The number of hydrogen-bond acceptors (Lipinski definition) is 6. The quantitative estimate of drug-likeness (QED) is 0.373. The molecule has 1 saturated heterocycles. The number of amides is 1. The Morgan fingerprint density at radius 1 is 1.23 bits per heavy atom. The summed E-state index contributed by atoms with van der Waals surface area (Å²) >= 11 is 0. The monoisotopic (exact) mass is 549 g/mol. The van der Waals surface area contributed by atoms with Gasteiger partial charge in [0.25, 0.3) is 5.91 Å². The maximum atomic E-state index is 14.8.